The second-order valence-electron chi connectivity index (χ2n) is 6.48. The molecule has 0 fully saturated rings. The maximum atomic E-state index is 12.8. The van der Waals surface area contributed by atoms with E-state index in [4.69, 9.17) is 0 Å². The Hall–Kier alpha value is -2.75. The average molecular weight is 335 g/mol. The van der Waals surface area contributed by atoms with E-state index in [1.165, 1.54) is 16.5 Å². The number of carbonyl (C=O) groups is 1. The first-order valence-corrected chi connectivity index (χ1v) is 8.79. The second-order valence-corrected chi connectivity index (χ2v) is 6.48. The van der Waals surface area contributed by atoms with Gasteiger partial charge in [-0.3, -0.25) is 0 Å². The van der Waals surface area contributed by atoms with Gasteiger partial charge in [-0.15, -0.1) is 0 Å². The van der Waals surface area contributed by atoms with E-state index in [-0.39, 0.29) is 12.1 Å². The van der Waals surface area contributed by atoms with Crippen molar-refractivity contribution in [3.63, 3.8) is 0 Å². The highest BCUT2D eigenvalue weighted by molar-refractivity contribution is 5.90. The Kier molecular flexibility index (Phi) is 5.08. The number of hydrogen-bond acceptors (Lipinski definition) is 1. The second kappa shape index (κ2) is 7.43. The van der Waals surface area contributed by atoms with E-state index in [0.29, 0.717) is 6.54 Å². The Balaban J connectivity index is 1.86. The molecule has 0 radical (unpaired) electrons. The van der Waals surface area contributed by atoms with Crippen LogP contribution in [0.1, 0.15) is 26.3 Å². The molecule has 0 saturated heterocycles. The molecule has 0 aliphatic rings. The van der Waals surface area contributed by atoms with Crippen molar-refractivity contribution in [3.8, 4) is 0 Å². The van der Waals surface area contributed by atoms with Crippen LogP contribution in [0.2, 0.25) is 0 Å². The zero-order valence-corrected chi connectivity index (χ0v) is 15.1. The maximum Gasteiger partial charge on any atom is 0.322 e. The lowest BCUT2D eigenvalue weighted by molar-refractivity contribution is 0.194. The SMILES string of the molecule is CCn1cc(CN(C(=O)Nc2ccccc2)C(C)C)c2ccccc21. The van der Waals surface area contributed by atoms with Crippen molar-refractivity contribution in [2.75, 3.05) is 5.32 Å². The molecule has 3 aromatic rings. The summed E-state index contributed by atoms with van der Waals surface area (Å²) >= 11 is 0. The first-order valence-electron chi connectivity index (χ1n) is 8.79. The fourth-order valence-corrected chi connectivity index (χ4v) is 3.10. The van der Waals surface area contributed by atoms with Crippen molar-refractivity contribution in [1.82, 2.24) is 9.47 Å². The van der Waals surface area contributed by atoms with Crippen LogP contribution in [0.15, 0.2) is 60.8 Å². The van der Waals surface area contributed by atoms with Gasteiger partial charge in [-0.2, -0.15) is 0 Å². The van der Waals surface area contributed by atoms with Crippen LogP contribution in [0, 0.1) is 0 Å². The van der Waals surface area contributed by atoms with Crippen molar-refractivity contribution in [1.29, 1.82) is 0 Å². The summed E-state index contributed by atoms with van der Waals surface area (Å²) in [5.41, 5.74) is 3.20. The standard InChI is InChI=1S/C21H25N3O/c1-4-23-14-17(19-12-8-9-13-20(19)23)15-24(16(2)3)21(25)22-18-10-6-5-7-11-18/h5-14,16H,4,15H2,1-3H3,(H,22,25). The Labute approximate surface area is 149 Å². The van der Waals surface area contributed by atoms with E-state index in [9.17, 15) is 4.79 Å². The normalized spacial score (nSPS) is 11.0. The molecule has 25 heavy (non-hydrogen) atoms. The monoisotopic (exact) mass is 335 g/mol. The minimum Gasteiger partial charge on any atom is -0.347 e. The highest BCUT2D eigenvalue weighted by atomic mass is 16.2. The van der Waals surface area contributed by atoms with Crippen LogP contribution >= 0.6 is 0 Å². The fraction of sp³-hybridized carbons (Fsp3) is 0.286. The number of aromatic nitrogens is 1. The first-order chi connectivity index (χ1) is 12.1. The molecule has 1 heterocycles. The van der Waals surface area contributed by atoms with Crippen LogP contribution in [0.5, 0.6) is 0 Å². The topological polar surface area (TPSA) is 37.3 Å². The van der Waals surface area contributed by atoms with E-state index in [1.807, 2.05) is 49.1 Å². The molecule has 4 nitrogen and oxygen atoms in total. The number of carbonyl (C=O) groups excluding carboxylic acids is 1. The molecule has 2 amide bonds. The molecule has 3 rings (SSSR count). The van der Waals surface area contributed by atoms with Crippen molar-refractivity contribution in [3.05, 3.63) is 66.4 Å². The Morgan fingerprint density at radius 3 is 2.44 bits per heavy atom. The van der Waals surface area contributed by atoms with E-state index in [0.717, 1.165) is 12.2 Å². The predicted octanol–water partition coefficient (Wildman–Crippen LogP) is 5.10. The van der Waals surface area contributed by atoms with Crippen LogP contribution in [0.4, 0.5) is 10.5 Å². The van der Waals surface area contributed by atoms with E-state index in [1.54, 1.807) is 0 Å². The van der Waals surface area contributed by atoms with Gasteiger partial charge in [-0.05, 0) is 44.5 Å². The third kappa shape index (κ3) is 3.68. The summed E-state index contributed by atoms with van der Waals surface area (Å²) in [5.74, 6) is 0. The Morgan fingerprint density at radius 1 is 1.08 bits per heavy atom. The van der Waals surface area contributed by atoms with Gasteiger partial charge in [0.2, 0.25) is 0 Å². The number of para-hydroxylation sites is 2. The summed E-state index contributed by atoms with van der Waals surface area (Å²) < 4.78 is 2.23. The van der Waals surface area contributed by atoms with Gasteiger partial charge in [0.05, 0.1) is 0 Å². The van der Waals surface area contributed by atoms with Crippen LogP contribution in [0.25, 0.3) is 10.9 Å². The summed E-state index contributed by atoms with van der Waals surface area (Å²) in [5, 5.41) is 4.20. The van der Waals surface area contributed by atoms with Gasteiger partial charge >= 0.3 is 6.03 Å². The molecule has 0 saturated carbocycles. The Bertz CT molecular complexity index is 852. The highest BCUT2D eigenvalue weighted by Gasteiger charge is 2.19. The summed E-state index contributed by atoms with van der Waals surface area (Å²) in [7, 11) is 0. The molecule has 0 spiro atoms. The smallest absolute Gasteiger partial charge is 0.322 e. The highest BCUT2D eigenvalue weighted by Crippen LogP contribution is 2.24. The summed E-state index contributed by atoms with van der Waals surface area (Å²) in [6.45, 7) is 7.73. The molecule has 0 bridgehead atoms. The van der Waals surface area contributed by atoms with E-state index < -0.39 is 0 Å². The van der Waals surface area contributed by atoms with Crippen molar-refractivity contribution in [2.24, 2.45) is 0 Å². The van der Waals surface area contributed by atoms with Crippen LogP contribution in [-0.2, 0) is 13.1 Å². The fourth-order valence-electron chi connectivity index (χ4n) is 3.10. The number of aryl methyl sites for hydroxylation is 1. The van der Waals surface area contributed by atoms with Gasteiger partial charge in [0.25, 0.3) is 0 Å². The summed E-state index contributed by atoms with van der Waals surface area (Å²) in [6.07, 6.45) is 2.16. The molecule has 0 atom stereocenters. The minimum absolute atomic E-state index is 0.0745. The van der Waals surface area contributed by atoms with E-state index >= 15 is 0 Å². The number of urea groups is 1. The summed E-state index contributed by atoms with van der Waals surface area (Å²) in [4.78, 5) is 14.6. The van der Waals surface area contributed by atoms with Gasteiger partial charge in [-0.25, -0.2) is 4.79 Å². The molecule has 1 N–H and O–H groups in total. The van der Waals surface area contributed by atoms with Crippen molar-refractivity contribution >= 4 is 22.6 Å². The molecule has 130 valence electrons. The quantitative estimate of drug-likeness (QED) is 0.691. The zero-order valence-electron chi connectivity index (χ0n) is 15.1. The van der Waals surface area contributed by atoms with Gasteiger partial charge < -0.3 is 14.8 Å². The van der Waals surface area contributed by atoms with Crippen molar-refractivity contribution in [2.45, 2.75) is 39.9 Å². The first kappa shape index (κ1) is 17.1. The number of hydrogen-bond donors (Lipinski definition) is 1. The van der Waals surface area contributed by atoms with Gasteiger partial charge in [0, 0.05) is 41.9 Å². The number of fused-ring (bicyclic) bond motifs is 1. The number of amides is 2. The number of rotatable bonds is 5. The number of anilines is 1. The molecule has 1 aromatic heterocycles. The van der Waals surface area contributed by atoms with Gasteiger partial charge in [-0.1, -0.05) is 36.4 Å². The molecule has 0 aliphatic heterocycles. The molecule has 0 aliphatic carbocycles. The predicted molar refractivity (Wildman–Crippen MR) is 104 cm³/mol. The lowest BCUT2D eigenvalue weighted by Crippen LogP contribution is -2.39. The molecule has 4 heteroatoms. The Morgan fingerprint density at radius 2 is 1.76 bits per heavy atom. The zero-order chi connectivity index (χ0) is 17.8. The van der Waals surface area contributed by atoms with Crippen LogP contribution < -0.4 is 5.32 Å². The maximum absolute atomic E-state index is 12.8. The molecule has 2 aromatic carbocycles. The summed E-state index contributed by atoms with van der Waals surface area (Å²) in [6, 6.07) is 18.0. The van der Waals surface area contributed by atoms with Gasteiger partial charge in [0.1, 0.15) is 0 Å². The average Bonchev–Trinajstić information content (AvgIpc) is 2.98. The van der Waals surface area contributed by atoms with Crippen LogP contribution in [0.3, 0.4) is 0 Å². The minimum atomic E-state index is -0.0745. The number of nitrogens with zero attached hydrogens (tertiary/aromatic N) is 2. The largest absolute Gasteiger partial charge is 0.347 e. The molecule has 0 unspecified atom stereocenters. The molecular formula is C21H25N3O. The third-order valence-electron chi connectivity index (χ3n) is 4.46. The van der Waals surface area contributed by atoms with Crippen LogP contribution in [-0.4, -0.2) is 21.5 Å². The number of benzene rings is 2. The van der Waals surface area contributed by atoms with Gasteiger partial charge in [0.15, 0.2) is 0 Å². The van der Waals surface area contributed by atoms with Crippen molar-refractivity contribution < 1.29 is 4.79 Å². The van der Waals surface area contributed by atoms with E-state index in [2.05, 4.69) is 47.3 Å². The molecular weight excluding hydrogens is 310 g/mol. The number of nitrogens with one attached hydrogen (secondary N) is 1. The lowest BCUT2D eigenvalue weighted by atomic mass is 10.1. The third-order valence-corrected chi connectivity index (χ3v) is 4.46. The lowest BCUT2D eigenvalue weighted by Gasteiger charge is -2.27.